The quantitative estimate of drug-likeness (QED) is 0.499. The molecule has 0 amide bonds. The minimum Gasteiger partial charge on any atom is -0.365 e. The number of aromatic nitrogens is 4. The summed E-state index contributed by atoms with van der Waals surface area (Å²) < 4.78 is 28.3. The van der Waals surface area contributed by atoms with E-state index in [9.17, 15) is 8.78 Å². The molecule has 0 unspecified atom stereocenters. The Bertz CT molecular complexity index is 1150. The van der Waals surface area contributed by atoms with Crippen LogP contribution in [0.5, 0.6) is 0 Å². The first-order chi connectivity index (χ1) is 14.0. The summed E-state index contributed by atoms with van der Waals surface area (Å²) in [4.78, 5) is 7.98. The summed E-state index contributed by atoms with van der Waals surface area (Å²) in [6, 6.07) is 17.3. The van der Waals surface area contributed by atoms with Gasteiger partial charge in [0.15, 0.2) is 5.82 Å². The second-order valence-electron chi connectivity index (χ2n) is 7.01. The van der Waals surface area contributed by atoms with Gasteiger partial charge in [0.05, 0.1) is 17.8 Å². The van der Waals surface area contributed by atoms with Crippen molar-refractivity contribution < 1.29 is 8.78 Å². The Morgan fingerprint density at radius 3 is 2.52 bits per heavy atom. The zero-order chi connectivity index (χ0) is 20.4. The molecule has 0 fully saturated rings. The molecule has 4 aromatic rings. The fraction of sp³-hybridized carbons (Fsp3) is 0.227. The number of benzene rings is 2. The van der Waals surface area contributed by atoms with Gasteiger partial charge in [0, 0.05) is 17.6 Å². The van der Waals surface area contributed by atoms with Crippen LogP contribution in [-0.4, -0.2) is 19.7 Å². The van der Waals surface area contributed by atoms with Crippen LogP contribution >= 0.6 is 0 Å². The van der Waals surface area contributed by atoms with Crippen LogP contribution in [0.3, 0.4) is 0 Å². The van der Waals surface area contributed by atoms with Crippen LogP contribution in [0.25, 0.3) is 10.9 Å². The molecule has 5 nitrogen and oxygen atoms in total. The molecule has 0 saturated carbocycles. The van der Waals surface area contributed by atoms with Crippen LogP contribution in [0.15, 0.2) is 54.6 Å². The molecule has 2 aromatic heterocycles. The Labute approximate surface area is 167 Å². The summed E-state index contributed by atoms with van der Waals surface area (Å²) >= 11 is 0. The second-order valence-corrected chi connectivity index (χ2v) is 7.01. The summed E-state index contributed by atoms with van der Waals surface area (Å²) in [6.07, 6.45) is -2.72. The summed E-state index contributed by atoms with van der Waals surface area (Å²) in [5, 5.41) is 8.42. The van der Waals surface area contributed by atoms with E-state index in [1.165, 1.54) is 0 Å². The number of para-hydroxylation sites is 1. The van der Waals surface area contributed by atoms with Crippen molar-refractivity contribution in [2.45, 2.75) is 33.4 Å². The number of hydrogen-bond acceptors (Lipinski definition) is 4. The number of nitrogens with one attached hydrogen (secondary N) is 1. The molecule has 1 N–H and O–H groups in total. The molecule has 2 aromatic carbocycles. The second kappa shape index (κ2) is 7.95. The van der Waals surface area contributed by atoms with E-state index in [4.69, 9.17) is 0 Å². The largest absolute Gasteiger partial charge is 0.365 e. The van der Waals surface area contributed by atoms with Crippen LogP contribution in [-0.2, 0) is 13.1 Å². The Hall–Kier alpha value is -3.35. The van der Waals surface area contributed by atoms with E-state index in [1.807, 2.05) is 48.9 Å². The number of anilines is 1. The minimum atomic E-state index is -2.72. The van der Waals surface area contributed by atoms with Crippen molar-refractivity contribution in [2.24, 2.45) is 0 Å². The average Bonchev–Trinajstić information content (AvgIpc) is 3.02. The lowest BCUT2D eigenvalue weighted by Gasteiger charge is -2.12. The molecule has 4 rings (SSSR count). The molecular formula is C22H21F2N5. The maximum atomic E-state index is 13.2. The molecule has 29 heavy (non-hydrogen) atoms. The van der Waals surface area contributed by atoms with Crippen molar-refractivity contribution in [1.29, 1.82) is 0 Å². The zero-order valence-electron chi connectivity index (χ0n) is 16.2. The third kappa shape index (κ3) is 4.23. The predicted molar refractivity (Wildman–Crippen MR) is 109 cm³/mol. The van der Waals surface area contributed by atoms with Gasteiger partial charge in [0.1, 0.15) is 5.82 Å². The van der Waals surface area contributed by atoms with E-state index in [1.54, 1.807) is 12.1 Å². The normalized spacial score (nSPS) is 11.3. The van der Waals surface area contributed by atoms with Crippen molar-refractivity contribution in [3.8, 4) is 0 Å². The Balaban J connectivity index is 1.56. The fourth-order valence-electron chi connectivity index (χ4n) is 3.36. The maximum Gasteiger partial charge on any atom is 0.297 e. The van der Waals surface area contributed by atoms with E-state index in [-0.39, 0.29) is 0 Å². The Kier molecular flexibility index (Phi) is 5.20. The number of rotatable bonds is 6. The van der Waals surface area contributed by atoms with Crippen LogP contribution in [0.1, 0.15) is 34.8 Å². The van der Waals surface area contributed by atoms with Crippen molar-refractivity contribution >= 4 is 16.7 Å². The molecular weight excluding hydrogens is 372 g/mol. The van der Waals surface area contributed by atoms with Gasteiger partial charge in [0.2, 0.25) is 0 Å². The van der Waals surface area contributed by atoms with E-state index in [0.717, 1.165) is 27.9 Å². The molecule has 0 aliphatic rings. The van der Waals surface area contributed by atoms with Crippen LogP contribution < -0.4 is 5.32 Å². The number of alkyl halides is 2. The highest BCUT2D eigenvalue weighted by Gasteiger charge is 2.15. The van der Waals surface area contributed by atoms with Crippen LogP contribution in [0, 0.1) is 13.8 Å². The number of hydrogen-bond donors (Lipinski definition) is 1. The fourth-order valence-corrected chi connectivity index (χ4v) is 3.36. The topological polar surface area (TPSA) is 55.6 Å². The molecule has 0 bridgehead atoms. The van der Waals surface area contributed by atoms with Gasteiger partial charge < -0.3 is 5.32 Å². The number of nitrogens with zero attached hydrogens (tertiary/aromatic N) is 4. The van der Waals surface area contributed by atoms with E-state index < -0.39 is 12.2 Å². The highest BCUT2D eigenvalue weighted by Crippen LogP contribution is 2.25. The lowest BCUT2D eigenvalue weighted by atomic mass is 10.1. The standard InChI is InChI=1S/C22H21F2N5/c1-14-10-15(2)29(28-14)13-17-7-5-6-16(11-17)12-25-21-18-8-3-4-9-19(18)26-22(27-21)20(23)24/h3-11,20H,12-13H2,1-2H3,(H,25,26,27). The lowest BCUT2D eigenvalue weighted by Crippen LogP contribution is -2.07. The lowest BCUT2D eigenvalue weighted by molar-refractivity contribution is 0.141. The summed E-state index contributed by atoms with van der Waals surface area (Å²) in [5.74, 6) is -0.0562. The van der Waals surface area contributed by atoms with Crippen molar-refractivity contribution in [1.82, 2.24) is 19.7 Å². The van der Waals surface area contributed by atoms with Gasteiger partial charge in [-0.25, -0.2) is 18.7 Å². The van der Waals surface area contributed by atoms with E-state index >= 15 is 0 Å². The number of fused-ring (bicyclic) bond motifs is 1. The maximum absolute atomic E-state index is 13.2. The van der Waals surface area contributed by atoms with Crippen molar-refractivity contribution in [3.05, 3.63) is 82.9 Å². The first kappa shape index (κ1) is 19.0. The smallest absolute Gasteiger partial charge is 0.297 e. The SMILES string of the molecule is Cc1cc(C)n(Cc2cccc(CNc3nc(C(F)F)nc4ccccc34)c2)n1. The predicted octanol–water partition coefficient (Wildman–Crippen LogP) is 5.04. The monoisotopic (exact) mass is 393 g/mol. The molecule has 0 saturated heterocycles. The van der Waals surface area contributed by atoms with Gasteiger partial charge in [-0.3, -0.25) is 4.68 Å². The minimum absolute atomic E-state index is 0.412. The van der Waals surface area contributed by atoms with Gasteiger partial charge in [-0.15, -0.1) is 0 Å². The third-order valence-electron chi connectivity index (χ3n) is 4.70. The Morgan fingerprint density at radius 2 is 1.76 bits per heavy atom. The number of halogens is 2. The molecule has 0 spiro atoms. The highest BCUT2D eigenvalue weighted by atomic mass is 19.3. The first-order valence-electron chi connectivity index (χ1n) is 9.37. The van der Waals surface area contributed by atoms with Gasteiger partial charge in [-0.1, -0.05) is 36.4 Å². The van der Waals surface area contributed by atoms with E-state index in [0.29, 0.717) is 24.4 Å². The summed E-state index contributed by atoms with van der Waals surface area (Å²) in [7, 11) is 0. The zero-order valence-corrected chi connectivity index (χ0v) is 16.2. The highest BCUT2D eigenvalue weighted by molar-refractivity contribution is 5.89. The van der Waals surface area contributed by atoms with Crippen LogP contribution in [0.4, 0.5) is 14.6 Å². The van der Waals surface area contributed by atoms with Gasteiger partial charge >= 0.3 is 0 Å². The van der Waals surface area contributed by atoms with Crippen molar-refractivity contribution in [2.75, 3.05) is 5.32 Å². The molecule has 7 heteroatoms. The van der Waals surface area contributed by atoms with Gasteiger partial charge in [-0.05, 0) is 43.2 Å². The first-order valence-corrected chi connectivity index (χ1v) is 9.37. The Morgan fingerprint density at radius 1 is 0.966 bits per heavy atom. The average molecular weight is 393 g/mol. The third-order valence-corrected chi connectivity index (χ3v) is 4.70. The molecule has 0 radical (unpaired) electrons. The van der Waals surface area contributed by atoms with Crippen molar-refractivity contribution in [3.63, 3.8) is 0 Å². The summed E-state index contributed by atoms with van der Waals surface area (Å²) in [6.45, 7) is 5.16. The molecule has 2 heterocycles. The number of aryl methyl sites for hydroxylation is 2. The summed E-state index contributed by atoms with van der Waals surface area (Å²) in [5.41, 5.74) is 4.75. The van der Waals surface area contributed by atoms with Gasteiger partial charge in [0.25, 0.3) is 6.43 Å². The van der Waals surface area contributed by atoms with Gasteiger partial charge in [-0.2, -0.15) is 5.10 Å². The molecule has 148 valence electrons. The van der Waals surface area contributed by atoms with Crippen LogP contribution in [0.2, 0.25) is 0 Å². The molecule has 0 aliphatic heterocycles. The molecule has 0 atom stereocenters. The molecule has 0 aliphatic carbocycles. The van der Waals surface area contributed by atoms with E-state index in [2.05, 4.69) is 32.5 Å².